The summed E-state index contributed by atoms with van der Waals surface area (Å²) in [5, 5.41) is 25.5. The Labute approximate surface area is 178 Å². The number of hydrogen-bond acceptors (Lipinski definition) is 6. The van der Waals surface area contributed by atoms with Crippen LogP contribution in [-0.2, 0) is 14.4 Å². The van der Waals surface area contributed by atoms with E-state index in [0.717, 1.165) is 62.0 Å². The molecule has 0 aromatic rings. The molecule has 1 fully saturated rings. The Morgan fingerprint density at radius 1 is 1.13 bits per heavy atom. The lowest BCUT2D eigenvalue weighted by atomic mass is 9.72. The van der Waals surface area contributed by atoms with Gasteiger partial charge < -0.3 is 10.2 Å². The van der Waals surface area contributed by atoms with Gasteiger partial charge >= 0.3 is 0 Å². The van der Waals surface area contributed by atoms with Crippen LogP contribution in [0, 0.1) is 11.8 Å². The van der Waals surface area contributed by atoms with Crippen molar-refractivity contribution in [1.82, 2.24) is 10.3 Å². The minimum absolute atomic E-state index is 0.136. The average Bonchev–Trinajstić information content (AvgIpc) is 2.99. The van der Waals surface area contributed by atoms with Crippen molar-refractivity contribution in [3.05, 3.63) is 12.2 Å². The Balaban J connectivity index is 2.13. The second-order valence-corrected chi connectivity index (χ2v) is 8.53. The van der Waals surface area contributed by atoms with Crippen molar-refractivity contribution in [3.8, 4) is 0 Å². The first-order valence-electron chi connectivity index (χ1n) is 11.1. The van der Waals surface area contributed by atoms with Crippen LogP contribution in [0.1, 0.15) is 71.6 Å². The second kappa shape index (κ2) is 11.4. The molecule has 0 radical (unpaired) electrons. The van der Waals surface area contributed by atoms with Crippen molar-refractivity contribution in [2.45, 2.75) is 77.2 Å². The second-order valence-electron chi connectivity index (χ2n) is 8.53. The zero-order valence-electron chi connectivity index (χ0n) is 18.1. The molecule has 30 heavy (non-hydrogen) atoms. The van der Waals surface area contributed by atoms with E-state index in [2.05, 4.69) is 24.4 Å². The van der Waals surface area contributed by atoms with Gasteiger partial charge in [0.25, 0.3) is 17.7 Å². The molecular formula is C22H35N3O5. The molecule has 1 aliphatic heterocycles. The van der Waals surface area contributed by atoms with Crippen molar-refractivity contribution in [3.63, 3.8) is 0 Å². The lowest BCUT2D eigenvalue weighted by Crippen LogP contribution is -2.47. The molecule has 0 bridgehead atoms. The zero-order valence-corrected chi connectivity index (χ0v) is 18.1. The Morgan fingerprint density at radius 3 is 2.13 bits per heavy atom. The van der Waals surface area contributed by atoms with E-state index in [0.29, 0.717) is 24.7 Å². The first-order valence-corrected chi connectivity index (χ1v) is 11.1. The SMILES string of the molecule is CCCC1CCCC(CCC)CC(O)(/C(CO)=N\NC(=O)CN2C(=O)C=CC2=O)C1. The van der Waals surface area contributed by atoms with E-state index in [4.69, 9.17) is 0 Å². The maximum absolute atomic E-state index is 12.2. The van der Waals surface area contributed by atoms with Crippen molar-refractivity contribution in [2.24, 2.45) is 16.9 Å². The number of aliphatic hydroxyl groups is 2. The highest BCUT2D eigenvalue weighted by molar-refractivity contribution is 6.14. The molecule has 1 saturated carbocycles. The molecule has 0 aromatic carbocycles. The van der Waals surface area contributed by atoms with Crippen LogP contribution in [0.15, 0.2) is 17.3 Å². The van der Waals surface area contributed by atoms with E-state index in [1.807, 2.05) is 0 Å². The number of nitrogens with zero attached hydrogens (tertiary/aromatic N) is 2. The van der Waals surface area contributed by atoms with Gasteiger partial charge in [-0.25, -0.2) is 5.43 Å². The maximum atomic E-state index is 12.2. The van der Waals surface area contributed by atoms with E-state index >= 15 is 0 Å². The van der Waals surface area contributed by atoms with Crippen LogP contribution in [0.3, 0.4) is 0 Å². The maximum Gasteiger partial charge on any atom is 0.260 e. The van der Waals surface area contributed by atoms with E-state index in [-0.39, 0.29) is 5.71 Å². The summed E-state index contributed by atoms with van der Waals surface area (Å²) in [5.41, 5.74) is 1.16. The molecule has 1 heterocycles. The van der Waals surface area contributed by atoms with Gasteiger partial charge in [0.1, 0.15) is 12.1 Å². The summed E-state index contributed by atoms with van der Waals surface area (Å²) in [4.78, 5) is 36.2. The number of amides is 3. The highest BCUT2D eigenvalue weighted by atomic mass is 16.3. The fourth-order valence-electron chi connectivity index (χ4n) is 4.67. The van der Waals surface area contributed by atoms with Gasteiger partial charge in [0.2, 0.25) is 0 Å². The molecule has 2 rings (SSSR count). The summed E-state index contributed by atoms with van der Waals surface area (Å²) < 4.78 is 0. The first-order chi connectivity index (χ1) is 14.3. The third-order valence-electron chi connectivity index (χ3n) is 6.08. The fraction of sp³-hybridized carbons (Fsp3) is 0.727. The lowest BCUT2D eigenvalue weighted by molar-refractivity contribution is -0.141. The number of carbonyl (C=O) groups is 3. The van der Waals surface area contributed by atoms with Crippen molar-refractivity contribution in [1.29, 1.82) is 0 Å². The largest absolute Gasteiger partial charge is 0.390 e. The minimum atomic E-state index is -1.29. The highest BCUT2D eigenvalue weighted by Gasteiger charge is 2.39. The summed E-state index contributed by atoms with van der Waals surface area (Å²) in [6, 6.07) is 0. The lowest BCUT2D eigenvalue weighted by Gasteiger charge is -2.38. The minimum Gasteiger partial charge on any atom is -0.390 e. The highest BCUT2D eigenvalue weighted by Crippen LogP contribution is 2.37. The number of rotatable bonds is 9. The first kappa shape index (κ1) is 24.2. The number of hydrogen-bond donors (Lipinski definition) is 3. The number of carbonyl (C=O) groups excluding carboxylic acids is 3. The van der Waals surface area contributed by atoms with Gasteiger partial charge in [0.05, 0.1) is 12.3 Å². The van der Waals surface area contributed by atoms with Crippen LogP contribution in [0.25, 0.3) is 0 Å². The third-order valence-corrected chi connectivity index (χ3v) is 6.08. The van der Waals surface area contributed by atoms with Gasteiger partial charge in [-0.2, -0.15) is 5.10 Å². The molecule has 3 amide bonds. The Morgan fingerprint density at radius 2 is 1.67 bits per heavy atom. The summed E-state index contributed by atoms with van der Waals surface area (Å²) in [7, 11) is 0. The number of imide groups is 1. The van der Waals surface area contributed by atoms with E-state index in [9.17, 15) is 24.6 Å². The van der Waals surface area contributed by atoms with Gasteiger partial charge in [-0.1, -0.05) is 58.8 Å². The molecular weight excluding hydrogens is 386 g/mol. The molecule has 0 aromatic heterocycles. The number of aliphatic hydroxyl groups excluding tert-OH is 1. The van der Waals surface area contributed by atoms with Gasteiger partial charge in [-0.3, -0.25) is 19.3 Å². The predicted molar refractivity (Wildman–Crippen MR) is 113 cm³/mol. The Kier molecular flexibility index (Phi) is 9.17. The molecule has 0 spiro atoms. The Hall–Kier alpha value is -2.06. The van der Waals surface area contributed by atoms with Crippen molar-refractivity contribution >= 4 is 23.4 Å². The number of hydrazone groups is 1. The predicted octanol–water partition coefficient (Wildman–Crippen LogP) is 1.90. The molecule has 2 aliphatic rings. The summed E-state index contributed by atoms with van der Waals surface area (Å²) >= 11 is 0. The van der Waals surface area contributed by atoms with Crippen LogP contribution in [0.5, 0.6) is 0 Å². The van der Waals surface area contributed by atoms with Gasteiger partial charge in [0, 0.05) is 12.2 Å². The normalized spacial score (nSPS) is 27.9. The summed E-state index contributed by atoms with van der Waals surface area (Å²) in [6.07, 6.45) is 10.5. The van der Waals surface area contributed by atoms with Gasteiger partial charge in [-0.15, -0.1) is 0 Å². The van der Waals surface area contributed by atoms with E-state index < -0.39 is 36.5 Å². The number of nitrogens with one attached hydrogen (secondary N) is 1. The van der Waals surface area contributed by atoms with Crippen molar-refractivity contribution < 1.29 is 24.6 Å². The molecule has 0 saturated heterocycles. The van der Waals surface area contributed by atoms with Crippen LogP contribution in [-0.4, -0.2) is 57.3 Å². The zero-order chi connectivity index (χ0) is 22.1. The average molecular weight is 422 g/mol. The summed E-state index contributed by atoms with van der Waals surface area (Å²) in [6.45, 7) is 3.31. The smallest absolute Gasteiger partial charge is 0.260 e. The fourth-order valence-corrected chi connectivity index (χ4v) is 4.67. The monoisotopic (exact) mass is 421 g/mol. The molecule has 3 N–H and O–H groups in total. The van der Waals surface area contributed by atoms with Gasteiger partial charge in [-0.05, 0) is 24.7 Å². The van der Waals surface area contributed by atoms with Crippen LogP contribution in [0.2, 0.25) is 0 Å². The topological polar surface area (TPSA) is 119 Å². The third kappa shape index (κ3) is 6.47. The van der Waals surface area contributed by atoms with Crippen LogP contribution in [0.4, 0.5) is 0 Å². The van der Waals surface area contributed by atoms with Crippen molar-refractivity contribution in [2.75, 3.05) is 13.2 Å². The van der Waals surface area contributed by atoms with Gasteiger partial charge in [0.15, 0.2) is 0 Å². The molecule has 8 nitrogen and oxygen atoms in total. The molecule has 1 aliphatic carbocycles. The molecule has 8 heteroatoms. The Bertz CT molecular complexity index is 654. The molecule has 2 unspecified atom stereocenters. The van der Waals surface area contributed by atoms with Crippen LogP contribution >= 0.6 is 0 Å². The van der Waals surface area contributed by atoms with E-state index in [1.165, 1.54) is 0 Å². The van der Waals surface area contributed by atoms with E-state index in [1.54, 1.807) is 0 Å². The molecule has 168 valence electrons. The standard InChI is InChI=1S/C22H35N3O5/c1-3-6-16-8-5-9-17(7-4-2)13-22(30,12-16)18(15-26)23-24-19(27)14-25-20(28)10-11-21(25)29/h10-11,16-17,26,30H,3-9,12-15H2,1-2H3,(H,24,27)/b23-18-. The quantitative estimate of drug-likeness (QED) is 0.298. The molecule has 2 atom stereocenters. The summed E-state index contributed by atoms with van der Waals surface area (Å²) in [5.74, 6) is -1.09. The van der Waals surface area contributed by atoms with Crippen LogP contribution < -0.4 is 5.43 Å².